The molecule has 72 valence electrons. The van der Waals surface area contributed by atoms with Crippen LogP contribution in [0.15, 0.2) is 24.3 Å². The van der Waals surface area contributed by atoms with E-state index >= 15 is 0 Å². The second-order valence-corrected chi connectivity index (χ2v) is 2.29. The maximum atomic E-state index is 10.1. The van der Waals surface area contributed by atoms with Gasteiger partial charge in [0.25, 0.3) is 0 Å². The molecule has 0 fully saturated rings. The van der Waals surface area contributed by atoms with Crippen LogP contribution in [0, 0.1) is 0 Å². The quantitative estimate of drug-likeness (QED) is 0.303. The number of phenols is 1. The Morgan fingerprint density at radius 2 is 1.60 bits per heavy atom. The van der Waals surface area contributed by atoms with E-state index in [1.807, 2.05) is 0 Å². The number of aromatic hydroxyl groups is 1. The van der Waals surface area contributed by atoms with E-state index in [-0.39, 0.29) is 64.9 Å². The molecule has 8 heteroatoms. The third-order valence-electron chi connectivity index (χ3n) is 1.06. The predicted molar refractivity (Wildman–Crippen MR) is 43.2 cm³/mol. The van der Waals surface area contributed by atoms with Crippen LogP contribution in [0.3, 0.4) is 0 Å². The van der Waals surface area contributed by atoms with Gasteiger partial charge in [-0.25, -0.2) is 0 Å². The van der Waals surface area contributed by atoms with Crippen molar-refractivity contribution in [2.75, 3.05) is 0 Å². The number of benzene rings is 1. The number of rotatable bonds is 1. The second-order valence-electron chi connectivity index (χ2n) is 1.88. The summed E-state index contributed by atoms with van der Waals surface area (Å²) in [6.45, 7) is 0. The van der Waals surface area contributed by atoms with Crippen molar-refractivity contribution < 1.29 is 82.3 Å². The van der Waals surface area contributed by atoms with Gasteiger partial charge in [0, 0.05) is 0 Å². The minimum absolute atomic E-state index is 0. The predicted octanol–water partition coefficient (Wildman–Crippen LogP) is -5.79. The summed E-state index contributed by atoms with van der Waals surface area (Å²) in [5, 5.41) is 8.88. The molecule has 15 heavy (non-hydrogen) atoms. The van der Waals surface area contributed by atoms with E-state index in [4.69, 9.17) is 18.4 Å². The third kappa shape index (κ3) is 12.7. The van der Waals surface area contributed by atoms with E-state index in [2.05, 4.69) is 0 Å². The Labute approximate surface area is 134 Å². The van der Waals surface area contributed by atoms with E-state index in [0.717, 1.165) is 0 Å². The topological polar surface area (TPSA) is 100 Å². The summed E-state index contributed by atoms with van der Waals surface area (Å²) in [6.07, 6.45) is 0.620. The molecule has 0 amide bonds. The monoisotopic (exact) mass is 248 g/mol. The number of phenolic OH excluding ortho intramolecular Hbond substituents is 1. The van der Waals surface area contributed by atoms with Crippen molar-refractivity contribution in [1.82, 2.24) is 0 Å². The first-order valence-electron chi connectivity index (χ1n) is 3.08. The van der Waals surface area contributed by atoms with E-state index < -0.39 is 11.4 Å². The summed E-state index contributed by atoms with van der Waals surface area (Å²) < 4.78 is 25.3. The molecular formula is C7H6Na2O5S. The molecule has 1 aromatic carbocycles. The molecule has 0 saturated carbocycles. The first-order chi connectivity index (χ1) is 6.07. The van der Waals surface area contributed by atoms with Crippen LogP contribution in [-0.4, -0.2) is 24.7 Å². The Hall–Kier alpha value is 0.760. The van der Waals surface area contributed by atoms with Crippen molar-refractivity contribution in [3.63, 3.8) is 0 Å². The number of carbonyl (C=O) groups excluding carboxylic acids is 1. The minimum Gasteiger partial charge on any atom is -0.784 e. The SMILES string of the molecule is O=Cc1ccccc1O.O=S([O-])[O-].[Na+].[Na+]. The molecule has 0 unspecified atom stereocenters. The number of para-hydroxylation sites is 1. The first kappa shape index (κ1) is 21.1. The zero-order valence-corrected chi connectivity index (χ0v) is 13.2. The molecule has 0 aliphatic heterocycles. The third-order valence-corrected chi connectivity index (χ3v) is 1.06. The average Bonchev–Trinajstić information content (AvgIpc) is 2.04. The van der Waals surface area contributed by atoms with Gasteiger partial charge in [-0.2, -0.15) is 0 Å². The average molecular weight is 248 g/mol. The van der Waals surface area contributed by atoms with Gasteiger partial charge in [-0.3, -0.25) is 9.00 Å². The van der Waals surface area contributed by atoms with Crippen molar-refractivity contribution in [3.05, 3.63) is 29.8 Å². The van der Waals surface area contributed by atoms with Gasteiger partial charge in [0.1, 0.15) is 5.75 Å². The number of hydrogen-bond donors (Lipinski definition) is 1. The van der Waals surface area contributed by atoms with Gasteiger partial charge in [-0.1, -0.05) is 12.1 Å². The van der Waals surface area contributed by atoms with Crippen LogP contribution in [0.5, 0.6) is 5.75 Å². The molecule has 1 rings (SSSR count). The van der Waals surface area contributed by atoms with Crippen molar-refractivity contribution in [3.8, 4) is 5.75 Å². The molecule has 5 nitrogen and oxygen atoms in total. The molecule has 0 aromatic heterocycles. The Morgan fingerprint density at radius 1 is 1.20 bits per heavy atom. The standard InChI is InChI=1S/C7H6O2.2Na.H2O3S/c8-5-6-3-1-2-4-7(6)9;;;1-4(2)3/h1-5,9H;;;(H2,1,2,3)/q;2*+1;/p-2. The molecule has 0 aliphatic rings. The Morgan fingerprint density at radius 3 is 1.87 bits per heavy atom. The maximum absolute atomic E-state index is 10.1. The van der Waals surface area contributed by atoms with Crippen molar-refractivity contribution in [2.45, 2.75) is 0 Å². The Balaban J connectivity index is -0.000000213. The fraction of sp³-hybridized carbons (Fsp3) is 0. The molecule has 1 N–H and O–H groups in total. The van der Waals surface area contributed by atoms with Gasteiger partial charge in [0.05, 0.1) is 5.56 Å². The van der Waals surface area contributed by atoms with Crippen molar-refractivity contribution in [2.24, 2.45) is 0 Å². The van der Waals surface area contributed by atoms with Crippen LogP contribution in [0.2, 0.25) is 0 Å². The van der Waals surface area contributed by atoms with Crippen LogP contribution in [0.4, 0.5) is 0 Å². The maximum Gasteiger partial charge on any atom is 1.00 e. The van der Waals surface area contributed by atoms with Crippen LogP contribution in [0.25, 0.3) is 0 Å². The van der Waals surface area contributed by atoms with E-state index in [9.17, 15) is 4.79 Å². The second kappa shape index (κ2) is 12.8. The zero-order valence-electron chi connectivity index (χ0n) is 8.38. The van der Waals surface area contributed by atoms with Crippen LogP contribution in [0.1, 0.15) is 10.4 Å². The van der Waals surface area contributed by atoms with Crippen molar-refractivity contribution in [1.29, 1.82) is 0 Å². The zero-order chi connectivity index (χ0) is 10.3. The fourth-order valence-electron chi connectivity index (χ4n) is 0.587. The van der Waals surface area contributed by atoms with Gasteiger partial charge in [-0.05, 0) is 12.1 Å². The summed E-state index contributed by atoms with van der Waals surface area (Å²) in [5.74, 6) is 0.0347. The summed E-state index contributed by atoms with van der Waals surface area (Å²) in [5.41, 5.74) is 0.331. The normalized spacial score (nSPS) is 7.67. The van der Waals surface area contributed by atoms with E-state index in [0.29, 0.717) is 11.8 Å². The minimum atomic E-state index is -3.11. The molecule has 0 radical (unpaired) electrons. The van der Waals surface area contributed by atoms with Gasteiger partial charge >= 0.3 is 59.1 Å². The molecule has 0 saturated heterocycles. The smallest absolute Gasteiger partial charge is 0.784 e. The van der Waals surface area contributed by atoms with Gasteiger partial charge in [0.15, 0.2) is 6.29 Å². The summed E-state index contributed by atoms with van der Waals surface area (Å²) >= 11 is -3.11. The molecule has 0 bridgehead atoms. The van der Waals surface area contributed by atoms with Gasteiger partial charge in [-0.15, -0.1) is 11.4 Å². The van der Waals surface area contributed by atoms with E-state index in [1.54, 1.807) is 18.2 Å². The largest absolute Gasteiger partial charge is 1.00 e. The van der Waals surface area contributed by atoms with Gasteiger partial charge in [0.2, 0.25) is 0 Å². The van der Waals surface area contributed by atoms with Crippen LogP contribution in [-0.2, 0) is 11.4 Å². The van der Waals surface area contributed by atoms with Crippen molar-refractivity contribution >= 4 is 17.6 Å². The first-order valence-corrected chi connectivity index (χ1v) is 4.08. The number of aldehydes is 1. The van der Waals surface area contributed by atoms with Crippen LogP contribution < -0.4 is 59.1 Å². The fourth-order valence-corrected chi connectivity index (χ4v) is 0.587. The van der Waals surface area contributed by atoms with Gasteiger partial charge < -0.3 is 14.2 Å². The molecule has 0 atom stereocenters. The molecule has 1 aromatic rings. The Bertz CT molecular complexity index is 303. The number of carbonyl (C=O) groups is 1. The summed E-state index contributed by atoms with van der Waals surface area (Å²) in [7, 11) is 0. The summed E-state index contributed by atoms with van der Waals surface area (Å²) in [6, 6.07) is 6.40. The number of hydrogen-bond acceptors (Lipinski definition) is 5. The molecule has 0 heterocycles. The molecular weight excluding hydrogens is 242 g/mol. The summed E-state index contributed by atoms with van der Waals surface area (Å²) in [4.78, 5) is 10.1. The Kier molecular flexibility index (Phi) is 18.0. The molecule has 0 aliphatic carbocycles. The van der Waals surface area contributed by atoms with E-state index in [1.165, 1.54) is 6.07 Å². The molecule has 0 spiro atoms. The van der Waals surface area contributed by atoms with Crippen LogP contribution >= 0.6 is 0 Å².